The van der Waals surface area contributed by atoms with Crippen LogP contribution in [0.2, 0.25) is 0 Å². The second kappa shape index (κ2) is 27.4. The Morgan fingerprint density at radius 3 is 0.862 bits per heavy atom. The first-order valence-corrected chi connectivity index (χ1v) is 23.5. The van der Waals surface area contributed by atoms with Crippen LogP contribution in [0.5, 0.6) is 0 Å². The van der Waals surface area contributed by atoms with E-state index in [4.69, 9.17) is 0 Å². The Morgan fingerprint density at radius 1 is 0.345 bits per heavy atom. The lowest BCUT2D eigenvalue weighted by atomic mass is 10.1. The van der Waals surface area contributed by atoms with Gasteiger partial charge in [0, 0.05) is 81.9 Å². The normalized spacial score (nSPS) is 26.4. The molecule has 0 spiro atoms. The first kappa shape index (κ1) is 55.4. The van der Waals surface area contributed by atoms with Gasteiger partial charge >= 0.3 is 0 Å². The number of hydrogen-bond donors (Lipinski definition) is 0. The molecule has 0 N–H and O–H groups in total. The van der Waals surface area contributed by atoms with Crippen molar-refractivity contribution in [3.8, 4) is 0 Å². The predicted molar refractivity (Wildman–Crippen MR) is 239 cm³/mol. The third-order valence-corrected chi connectivity index (χ3v) is 12.7. The van der Waals surface area contributed by atoms with Crippen molar-refractivity contribution in [3.05, 3.63) is 0 Å². The van der Waals surface area contributed by atoms with Gasteiger partial charge in [0.2, 0.25) is 0 Å². The Hall–Kier alpha value is -0.630. The van der Waals surface area contributed by atoms with Crippen LogP contribution < -0.4 is 0 Å². The Morgan fingerprint density at radius 2 is 0.655 bits per heavy atom. The van der Waals surface area contributed by atoms with Crippen LogP contribution in [0.15, 0.2) is 0 Å². The number of likely N-dealkylation sites (tertiary alicyclic amines) is 5. The lowest BCUT2D eigenvalue weighted by Gasteiger charge is -2.34. The third kappa shape index (κ3) is 21.9. The average molecular weight is 840 g/mol. The van der Waals surface area contributed by atoms with Gasteiger partial charge in [-0.1, -0.05) is 12.8 Å². The van der Waals surface area contributed by atoms with Crippen LogP contribution in [0.1, 0.15) is 148 Å². The molecule has 6 rings (SSSR count). The molecule has 0 aromatic rings. The van der Waals surface area contributed by atoms with Gasteiger partial charge in [0.25, 0.3) is 11.8 Å². The van der Waals surface area contributed by atoms with E-state index in [9.17, 15) is 22.0 Å². The number of alkyl halides is 5. The van der Waals surface area contributed by atoms with Crippen molar-refractivity contribution in [2.45, 2.75) is 202 Å². The molecule has 0 amide bonds. The number of likely N-dealkylation sites (N-methyl/N-ethyl adjacent to an activating group) is 1. The van der Waals surface area contributed by atoms with E-state index in [-0.39, 0.29) is 31.6 Å². The molecular weight excluding hydrogens is 746 g/mol. The molecule has 0 bridgehead atoms. The molecule has 12 heteroatoms. The average Bonchev–Trinajstić information content (AvgIpc) is 3.88. The quantitative estimate of drug-likeness (QED) is 0.246. The van der Waals surface area contributed by atoms with Gasteiger partial charge in [-0.3, -0.25) is 14.7 Å². The minimum absolute atomic E-state index is 0.0200. The van der Waals surface area contributed by atoms with Gasteiger partial charge in [0.05, 0.1) is 13.1 Å². The highest BCUT2D eigenvalue weighted by Crippen LogP contribution is 2.40. The molecule has 0 saturated carbocycles. The van der Waals surface area contributed by atoms with Crippen molar-refractivity contribution in [1.29, 1.82) is 0 Å². The molecule has 0 aliphatic carbocycles. The number of piperazine rings is 1. The van der Waals surface area contributed by atoms with Crippen LogP contribution in [0.4, 0.5) is 22.0 Å². The summed E-state index contributed by atoms with van der Waals surface area (Å²) < 4.78 is 64.1. The van der Waals surface area contributed by atoms with Gasteiger partial charge in [0.1, 0.15) is 0 Å². The maximum Gasteiger partial charge on any atom is 0.294 e. The minimum Gasteiger partial charge on any atom is -0.304 e. The van der Waals surface area contributed by atoms with Crippen LogP contribution in [-0.4, -0.2) is 187 Å². The molecule has 6 aliphatic heterocycles. The highest BCUT2D eigenvalue weighted by molar-refractivity contribution is 5.01. The van der Waals surface area contributed by atoms with Crippen LogP contribution >= 0.6 is 0 Å². The maximum absolute atomic E-state index is 13.2. The number of nitrogens with zero attached hydrogens (tertiary/aromatic N) is 7. The Bertz CT molecular complexity index is 978. The van der Waals surface area contributed by atoms with Crippen molar-refractivity contribution < 1.29 is 22.0 Å². The lowest BCUT2D eigenvalue weighted by molar-refractivity contribution is -0.0912. The van der Waals surface area contributed by atoms with E-state index in [1.165, 1.54) is 122 Å². The summed E-state index contributed by atoms with van der Waals surface area (Å²) in [4.78, 5) is 15.8. The fourth-order valence-electron chi connectivity index (χ4n) is 8.01. The molecule has 0 radical (unpaired) electrons. The Balaban J connectivity index is 0.000000349. The van der Waals surface area contributed by atoms with E-state index in [0.717, 1.165) is 31.1 Å². The first-order chi connectivity index (χ1) is 26.9. The number of hydrogen-bond acceptors (Lipinski definition) is 7. The van der Waals surface area contributed by atoms with E-state index in [1.807, 2.05) is 13.8 Å². The van der Waals surface area contributed by atoms with E-state index >= 15 is 0 Å². The second-order valence-electron chi connectivity index (χ2n) is 19.7. The molecule has 6 heterocycles. The molecular formula is C46H94F5N7. The number of halogens is 5. The van der Waals surface area contributed by atoms with Gasteiger partial charge in [-0.05, 0) is 175 Å². The molecule has 7 nitrogen and oxygen atoms in total. The third-order valence-electron chi connectivity index (χ3n) is 12.7. The van der Waals surface area contributed by atoms with Gasteiger partial charge < -0.3 is 19.6 Å². The summed E-state index contributed by atoms with van der Waals surface area (Å²) in [6.07, 6.45) is 11.4. The first-order valence-electron chi connectivity index (χ1n) is 23.5. The molecule has 1 unspecified atom stereocenters. The highest BCUT2D eigenvalue weighted by atomic mass is 19.3. The molecule has 0 aromatic heterocycles. The van der Waals surface area contributed by atoms with Crippen LogP contribution in [0.25, 0.3) is 0 Å². The Labute approximate surface area is 355 Å². The van der Waals surface area contributed by atoms with E-state index < -0.39 is 24.1 Å². The standard InChI is InChI=1S/C8H14F3N.C8H18N2.2C8H17N.C7H13F2N.C7H15N/c1-6(2)12-4-7(3,9)8(10,11)5-12;1-8(2)10-6-4-9(3)5-7-10;2*1-8(2)9-6-4-3-5-7-9;1-6(2)10-4-3-7(8,9)5-10;1-7(2)8-5-3-4-6-8/h6H,4-5H2,1-3H3;8H,4-7H2,1-3H3;2*8H,3-7H2,1-2H3;6H,3-5H2,1-2H3;7H,3-6H2,1-2H3. The van der Waals surface area contributed by atoms with E-state index in [0.29, 0.717) is 6.54 Å². The summed E-state index contributed by atoms with van der Waals surface area (Å²) in [5.41, 5.74) is -2.36. The summed E-state index contributed by atoms with van der Waals surface area (Å²) in [7, 11) is 2.19. The molecule has 1 atom stereocenters. The monoisotopic (exact) mass is 840 g/mol. The lowest BCUT2D eigenvalue weighted by Crippen LogP contribution is -2.47. The van der Waals surface area contributed by atoms with Crippen molar-refractivity contribution in [1.82, 2.24) is 34.3 Å². The highest BCUT2D eigenvalue weighted by Gasteiger charge is 2.58. The minimum atomic E-state index is -3.20. The van der Waals surface area contributed by atoms with Crippen molar-refractivity contribution >= 4 is 0 Å². The fraction of sp³-hybridized carbons (Fsp3) is 1.00. The molecule has 6 fully saturated rings. The zero-order chi connectivity index (χ0) is 44.3. The molecule has 0 aromatic carbocycles. The molecule has 6 saturated heterocycles. The SMILES string of the molecule is CC(C)N1CC(C)(F)C(F)(F)C1.CC(C)N1CCC(F)(F)C1.CC(C)N1CCCC1.CC(C)N1CCCCC1.CC(C)N1CCCCC1.CC(C)N1CCN(C)CC1. The van der Waals surface area contributed by atoms with Crippen molar-refractivity contribution in [2.24, 2.45) is 0 Å². The van der Waals surface area contributed by atoms with Gasteiger partial charge in [-0.2, -0.15) is 0 Å². The smallest absolute Gasteiger partial charge is 0.294 e. The zero-order valence-corrected chi connectivity index (χ0v) is 40.2. The van der Waals surface area contributed by atoms with Gasteiger partial charge in [-0.15, -0.1) is 0 Å². The predicted octanol–water partition coefficient (Wildman–Crippen LogP) is 9.70. The number of piperidine rings is 2. The maximum atomic E-state index is 13.2. The fourth-order valence-corrected chi connectivity index (χ4v) is 8.01. The van der Waals surface area contributed by atoms with Crippen LogP contribution in [0, 0.1) is 0 Å². The molecule has 6 aliphatic rings. The topological polar surface area (TPSA) is 22.7 Å². The largest absolute Gasteiger partial charge is 0.304 e. The number of rotatable bonds is 6. The molecule has 348 valence electrons. The van der Waals surface area contributed by atoms with Gasteiger partial charge in [-0.25, -0.2) is 22.0 Å². The summed E-state index contributed by atoms with van der Waals surface area (Å²) in [5.74, 6) is -5.62. The summed E-state index contributed by atoms with van der Waals surface area (Å²) in [6.45, 7) is 39.5. The van der Waals surface area contributed by atoms with Crippen LogP contribution in [-0.2, 0) is 0 Å². The molecule has 58 heavy (non-hydrogen) atoms. The Kier molecular flexibility index (Phi) is 26.2. The zero-order valence-electron chi connectivity index (χ0n) is 40.2. The summed E-state index contributed by atoms with van der Waals surface area (Å²) >= 11 is 0. The van der Waals surface area contributed by atoms with E-state index in [1.54, 1.807) is 18.7 Å². The second-order valence-corrected chi connectivity index (χ2v) is 19.7. The van der Waals surface area contributed by atoms with E-state index in [2.05, 4.69) is 86.9 Å². The summed E-state index contributed by atoms with van der Waals surface area (Å²) in [5, 5.41) is 0. The summed E-state index contributed by atoms with van der Waals surface area (Å²) in [6, 6.07) is 3.28. The van der Waals surface area contributed by atoms with Gasteiger partial charge in [0.15, 0.2) is 5.67 Å². The van der Waals surface area contributed by atoms with Crippen molar-refractivity contribution in [3.63, 3.8) is 0 Å². The van der Waals surface area contributed by atoms with Crippen LogP contribution in [0.3, 0.4) is 0 Å². The van der Waals surface area contributed by atoms with Crippen molar-refractivity contribution in [2.75, 3.05) is 98.7 Å².